The highest BCUT2D eigenvalue weighted by molar-refractivity contribution is 14.1. The van der Waals surface area contributed by atoms with Crippen LogP contribution in [0.15, 0.2) is 6.07 Å². The van der Waals surface area contributed by atoms with Crippen LogP contribution in [0.3, 0.4) is 0 Å². The molecule has 54 valence electrons. The minimum Gasteiger partial charge on any atom is -0.381 e. The molecule has 0 aliphatic rings. The van der Waals surface area contributed by atoms with Crippen molar-refractivity contribution in [1.29, 1.82) is 0 Å². The third-order valence-corrected chi connectivity index (χ3v) is 1.67. The summed E-state index contributed by atoms with van der Waals surface area (Å²) in [6.45, 7) is 0. The van der Waals surface area contributed by atoms with Gasteiger partial charge in [0.25, 0.3) is 0 Å². The summed E-state index contributed by atoms with van der Waals surface area (Å²) >= 11 is 1.63. The summed E-state index contributed by atoms with van der Waals surface area (Å²) in [7, 11) is 0. The summed E-state index contributed by atoms with van der Waals surface area (Å²) in [4.78, 5) is 3.39. The molecule has 0 spiro atoms. The SMILES string of the molecule is Nc1nc(I)c(F)cc1F. The third-order valence-electron chi connectivity index (χ3n) is 0.914. The second-order valence-corrected chi connectivity index (χ2v) is 2.65. The number of nitrogens with zero attached hydrogens (tertiary/aromatic N) is 1. The van der Waals surface area contributed by atoms with Gasteiger partial charge in [-0.2, -0.15) is 0 Å². The van der Waals surface area contributed by atoms with Crippen LogP contribution >= 0.6 is 22.6 Å². The van der Waals surface area contributed by atoms with Crippen molar-refractivity contribution in [2.24, 2.45) is 0 Å². The minimum absolute atomic E-state index is 0.0801. The summed E-state index contributed by atoms with van der Waals surface area (Å²) < 4.78 is 24.8. The molecular formula is C5H3F2IN2. The molecule has 0 radical (unpaired) electrons. The van der Waals surface area contributed by atoms with Crippen molar-refractivity contribution >= 4 is 28.4 Å². The number of hydrogen-bond acceptors (Lipinski definition) is 2. The largest absolute Gasteiger partial charge is 0.381 e. The van der Waals surface area contributed by atoms with Crippen molar-refractivity contribution in [3.05, 3.63) is 21.4 Å². The number of rotatable bonds is 0. The maximum Gasteiger partial charge on any atom is 0.168 e. The molecule has 1 aromatic rings. The quantitative estimate of drug-likeness (QED) is 0.565. The number of halogens is 3. The lowest BCUT2D eigenvalue weighted by Gasteiger charge is -1.96. The lowest BCUT2D eigenvalue weighted by Crippen LogP contribution is -1.98. The molecule has 0 atom stereocenters. The van der Waals surface area contributed by atoms with E-state index < -0.39 is 11.6 Å². The topological polar surface area (TPSA) is 38.9 Å². The Morgan fingerprint density at radius 1 is 1.40 bits per heavy atom. The van der Waals surface area contributed by atoms with E-state index in [-0.39, 0.29) is 9.52 Å². The lowest BCUT2D eigenvalue weighted by molar-refractivity contribution is 0.570. The Balaban J connectivity index is 3.28. The predicted octanol–water partition coefficient (Wildman–Crippen LogP) is 1.55. The zero-order chi connectivity index (χ0) is 7.72. The van der Waals surface area contributed by atoms with Crippen LogP contribution in [0.4, 0.5) is 14.6 Å². The van der Waals surface area contributed by atoms with Gasteiger partial charge in [-0.1, -0.05) is 0 Å². The van der Waals surface area contributed by atoms with Gasteiger partial charge in [-0.05, 0) is 22.6 Å². The van der Waals surface area contributed by atoms with Gasteiger partial charge in [-0.25, -0.2) is 13.8 Å². The standard InChI is InChI=1S/C5H3F2IN2/c6-2-1-3(7)5(9)10-4(2)8/h1H,(H2,9,10). The molecule has 0 fully saturated rings. The molecule has 1 aromatic heterocycles. The molecule has 10 heavy (non-hydrogen) atoms. The molecule has 1 rings (SSSR count). The molecule has 0 saturated carbocycles. The van der Waals surface area contributed by atoms with E-state index in [2.05, 4.69) is 4.98 Å². The average Bonchev–Trinajstić information content (AvgIpc) is 1.84. The van der Waals surface area contributed by atoms with Gasteiger partial charge in [-0.3, -0.25) is 0 Å². The molecule has 0 unspecified atom stereocenters. The van der Waals surface area contributed by atoms with Crippen LogP contribution in [-0.2, 0) is 0 Å². The van der Waals surface area contributed by atoms with Crippen molar-refractivity contribution in [2.75, 3.05) is 5.73 Å². The van der Waals surface area contributed by atoms with Crippen molar-refractivity contribution in [2.45, 2.75) is 0 Å². The number of nitrogen functional groups attached to an aromatic ring is 1. The van der Waals surface area contributed by atoms with Crippen LogP contribution in [-0.4, -0.2) is 4.98 Å². The first-order valence-electron chi connectivity index (χ1n) is 2.38. The van der Waals surface area contributed by atoms with Gasteiger partial charge >= 0.3 is 0 Å². The Bertz CT molecular complexity index is 214. The molecule has 0 aromatic carbocycles. The number of aromatic nitrogens is 1. The smallest absolute Gasteiger partial charge is 0.168 e. The van der Waals surface area contributed by atoms with Gasteiger partial charge in [-0.15, -0.1) is 0 Å². The molecule has 0 bridgehead atoms. The summed E-state index contributed by atoms with van der Waals surface area (Å²) in [5.41, 5.74) is 5.03. The van der Waals surface area contributed by atoms with Crippen LogP contribution in [0.25, 0.3) is 0 Å². The van der Waals surface area contributed by atoms with Gasteiger partial charge < -0.3 is 5.73 Å². The molecule has 2 nitrogen and oxygen atoms in total. The molecule has 0 aliphatic heterocycles. The first kappa shape index (κ1) is 7.64. The van der Waals surface area contributed by atoms with Gasteiger partial charge in [0.2, 0.25) is 0 Å². The minimum atomic E-state index is -0.821. The number of pyridine rings is 1. The molecule has 0 aliphatic carbocycles. The highest BCUT2D eigenvalue weighted by atomic mass is 127. The van der Waals surface area contributed by atoms with Gasteiger partial charge in [0.15, 0.2) is 17.5 Å². The maximum absolute atomic E-state index is 12.4. The molecule has 2 N–H and O–H groups in total. The third kappa shape index (κ3) is 1.34. The highest BCUT2D eigenvalue weighted by Gasteiger charge is 2.05. The van der Waals surface area contributed by atoms with E-state index in [0.29, 0.717) is 6.07 Å². The van der Waals surface area contributed by atoms with Crippen molar-refractivity contribution < 1.29 is 8.78 Å². The highest BCUT2D eigenvalue weighted by Crippen LogP contribution is 2.13. The first-order valence-corrected chi connectivity index (χ1v) is 3.46. The van der Waals surface area contributed by atoms with E-state index in [9.17, 15) is 8.78 Å². The number of hydrogen-bond donors (Lipinski definition) is 1. The fourth-order valence-electron chi connectivity index (χ4n) is 0.457. The summed E-state index contributed by atoms with van der Waals surface area (Å²) in [6, 6.07) is 0.712. The van der Waals surface area contributed by atoms with Crippen LogP contribution in [0.2, 0.25) is 0 Å². The van der Waals surface area contributed by atoms with Gasteiger partial charge in [0.05, 0.1) is 0 Å². The van der Waals surface area contributed by atoms with Crippen LogP contribution in [0, 0.1) is 15.3 Å². The Morgan fingerprint density at radius 3 is 2.50 bits per heavy atom. The van der Waals surface area contributed by atoms with Crippen molar-refractivity contribution in [1.82, 2.24) is 4.98 Å². The molecular weight excluding hydrogens is 253 g/mol. The summed E-state index contributed by atoms with van der Waals surface area (Å²) in [6.07, 6.45) is 0. The average molecular weight is 256 g/mol. The van der Waals surface area contributed by atoms with Crippen molar-refractivity contribution in [3.63, 3.8) is 0 Å². The van der Waals surface area contributed by atoms with E-state index in [0.717, 1.165) is 0 Å². The molecule has 0 saturated heterocycles. The number of nitrogens with two attached hydrogens (primary N) is 1. The fraction of sp³-hybridized carbons (Fsp3) is 0. The molecule has 1 heterocycles. The zero-order valence-corrected chi connectivity index (χ0v) is 6.89. The van der Waals surface area contributed by atoms with E-state index in [4.69, 9.17) is 5.73 Å². The Labute approximate surface area is 69.6 Å². The van der Waals surface area contributed by atoms with Crippen LogP contribution in [0.1, 0.15) is 0 Å². The van der Waals surface area contributed by atoms with E-state index in [1.807, 2.05) is 0 Å². The normalized spacial score (nSPS) is 9.90. The summed E-state index contributed by atoms with van der Waals surface area (Å²) in [5.74, 6) is -1.78. The molecule has 5 heteroatoms. The predicted molar refractivity (Wildman–Crippen MR) is 41.3 cm³/mol. The van der Waals surface area contributed by atoms with E-state index in [1.165, 1.54) is 0 Å². The summed E-state index contributed by atoms with van der Waals surface area (Å²) in [5, 5.41) is 0. The monoisotopic (exact) mass is 256 g/mol. The Morgan fingerprint density at radius 2 is 2.00 bits per heavy atom. The lowest BCUT2D eigenvalue weighted by atomic mass is 10.4. The molecule has 0 amide bonds. The first-order chi connectivity index (χ1) is 4.61. The second kappa shape index (κ2) is 2.65. The van der Waals surface area contributed by atoms with Crippen LogP contribution < -0.4 is 5.73 Å². The zero-order valence-electron chi connectivity index (χ0n) is 4.74. The van der Waals surface area contributed by atoms with Crippen molar-refractivity contribution in [3.8, 4) is 0 Å². The van der Waals surface area contributed by atoms with Gasteiger partial charge in [0.1, 0.15) is 3.70 Å². The fourth-order valence-corrected chi connectivity index (χ4v) is 0.873. The van der Waals surface area contributed by atoms with Gasteiger partial charge in [0, 0.05) is 6.07 Å². The van der Waals surface area contributed by atoms with E-state index >= 15 is 0 Å². The Kier molecular flexibility index (Phi) is 2.02. The number of anilines is 1. The van der Waals surface area contributed by atoms with Crippen LogP contribution in [0.5, 0.6) is 0 Å². The Hall–Kier alpha value is -0.460. The maximum atomic E-state index is 12.4. The van der Waals surface area contributed by atoms with E-state index in [1.54, 1.807) is 22.6 Å². The second-order valence-electron chi connectivity index (χ2n) is 1.63.